The SMILES string of the molecule is CCC(C(N)=S)S(=O)(=O)N1CCN(C)c2ccccc21. The number of para-hydroxylation sites is 2. The van der Waals surface area contributed by atoms with E-state index in [1.165, 1.54) is 4.31 Å². The van der Waals surface area contributed by atoms with Crippen molar-refractivity contribution in [2.45, 2.75) is 18.6 Å². The van der Waals surface area contributed by atoms with Crippen molar-refractivity contribution in [2.75, 3.05) is 29.3 Å². The number of rotatable bonds is 4. The van der Waals surface area contributed by atoms with Crippen molar-refractivity contribution in [3.05, 3.63) is 24.3 Å². The Labute approximate surface area is 125 Å². The van der Waals surface area contributed by atoms with Gasteiger partial charge in [0.25, 0.3) is 0 Å². The van der Waals surface area contributed by atoms with Gasteiger partial charge in [-0.15, -0.1) is 0 Å². The average molecular weight is 313 g/mol. The number of nitrogens with two attached hydrogens (primary N) is 1. The molecule has 0 aromatic heterocycles. The summed E-state index contributed by atoms with van der Waals surface area (Å²) in [4.78, 5) is 2.08. The van der Waals surface area contributed by atoms with E-state index in [-0.39, 0.29) is 4.99 Å². The maximum absolute atomic E-state index is 12.8. The second-order valence-corrected chi connectivity index (χ2v) is 7.34. The van der Waals surface area contributed by atoms with Crippen molar-refractivity contribution in [2.24, 2.45) is 5.73 Å². The van der Waals surface area contributed by atoms with Crippen LogP contribution in [0.25, 0.3) is 0 Å². The predicted molar refractivity (Wildman–Crippen MR) is 86.8 cm³/mol. The molecule has 0 aliphatic carbocycles. The fourth-order valence-corrected chi connectivity index (χ4v) is 4.77. The lowest BCUT2D eigenvalue weighted by molar-refractivity contribution is 0.582. The maximum Gasteiger partial charge on any atom is 0.244 e. The number of fused-ring (bicyclic) bond motifs is 1. The van der Waals surface area contributed by atoms with Gasteiger partial charge in [0.15, 0.2) is 0 Å². The topological polar surface area (TPSA) is 66.6 Å². The molecule has 0 fully saturated rings. The Morgan fingerprint density at radius 1 is 1.35 bits per heavy atom. The van der Waals surface area contributed by atoms with Crippen LogP contribution >= 0.6 is 12.2 Å². The van der Waals surface area contributed by atoms with Crippen LogP contribution in [0.2, 0.25) is 0 Å². The standard InChI is InChI=1S/C13H19N3O2S2/c1-3-12(13(14)19)20(17,18)16-9-8-15(2)10-6-4-5-7-11(10)16/h4-7,12H,3,8-9H2,1-2H3,(H2,14,19). The van der Waals surface area contributed by atoms with Crippen LogP contribution in [0.4, 0.5) is 11.4 Å². The zero-order valence-corrected chi connectivity index (χ0v) is 13.2. The molecular weight excluding hydrogens is 294 g/mol. The van der Waals surface area contributed by atoms with Crippen molar-refractivity contribution < 1.29 is 8.42 Å². The fourth-order valence-electron chi connectivity index (χ4n) is 2.46. The first kappa shape index (κ1) is 15.1. The highest BCUT2D eigenvalue weighted by molar-refractivity contribution is 7.95. The van der Waals surface area contributed by atoms with Crippen LogP contribution in [0.5, 0.6) is 0 Å². The van der Waals surface area contributed by atoms with E-state index < -0.39 is 15.3 Å². The van der Waals surface area contributed by atoms with Crippen LogP contribution in [0, 0.1) is 0 Å². The molecule has 1 aliphatic rings. The summed E-state index contributed by atoms with van der Waals surface area (Å²) in [6.07, 6.45) is 0.381. The molecule has 2 N–H and O–H groups in total. The summed E-state index contributed by atoms with van der Waals surface area (Å²) in [5.41, 5.74) is 7.20. The Bertz CT molecular complexity index is 616. The molecular formula is C13H19N3O2S2. The fraction of sp³-hybridized carbons (Fsp3) is 0.462. The summed E-state index contributed by atoms with van der Waals surface area (Å²) in [5, 5.41) is -0.811. The largest absolute Gasteiger partial charge is 0.392 e. The Hall–Kier alpha value is -1.34. The van der Waals surface area contributed by atoms with Crippen molar-refractivity contribution in [1.29, 1.82) is 0 Å². The van der Waals surface area contributed by atoms with E-state index in [1.807, 2.05) is 36.2 Å². The molecule has 20 heavy (non-hydrogen) atoms. The highest BCUT2D eigenvalue weighted by atomic mass is 32.2. The number of benzene rings is 1. The summed E-state index contributed by atoms with van der Waals surface area (Å²) in [7, 11) is -1.62. The summed E-state index contributed by atoms with van der Waals surface area (Å²) >= 11 is 4.92. The molecule has 0 saturated carbocycles. The molecule has 0 saturated heterocycles. The number of likely N-dealkylation sites (N-methyl/N-ethyl adjacent to an activating group) is 1. The Morgan fingerprint density at radius 3 is 2.50 bits per heavy atom. The van der Waals surface area contributed by atoms with E-state index in [1.54, 1.807) is 6.92 Å². The molecule has 0 radical (unpaired) electrons. The van der Waals surface area contributed by atoms with Crippen molar-refractivity contribution in [1.82, 2.24) is 0 Å². The molecule has 7 heteroatoms. The van der Waals surface area contributed by atoms with Gasteiger partial charge in [0.2, 0.25) is 10.0 Å². The third-order valence-corrected chi connectivity index (χ3v) is 6.29. The van der Waals surface area contributed by atoms with E-state index >= 15 is 0 Å². The van der Waals surface area contributed by atoms with Gasteiger partial charge in [-0.3, -0.25) is 4.31 Å². The monoisotopic (exact) mass is 313 g/mol. The minimum atomic E-state index is -3.57. The summed E-state index contributed by atoms with van der Waals surface area (Å²) in [6, 6.07) is 7.46. The summed E-state index contributed by atoms with van der Waals surface area (Å²) in [6.45, 7) is 2.84. The lowest BCUT2D eigenvalue weighted by Crippen LogP contribution is -2.49. The van der Waals surface area contributed by atoms with Crippen LogP contribution < -0.4 is 14.9 Å². The van der Waals surface area contributed by atoms with Gasteiger partial charge in [0.05, 0.1) is 22.9 Å². The normalized spacial score (nSPS) is 16.7. The van der Waals surface area contributed by atoms with Crippen LogP contribution in [0.1, 0.15) is 13.3 Å². The molecule has 0 amide bonds. The number of anilines is 2. The minimum Gasteiger partial charge on any atom is -0.392 e. The Balaban J connectivity index is 2.49. The number of hydrogen-bond donors (Lipinski definition) is 1. The number of sulfonamides is 1. The minimum absolute atomic E-state index is 0.0314. The van der Waals surface area contributed by atoms with Gasteiger partial charge in [0.1, 0.15) is 5.25 Å². The molecule has 1 atom stereocenters. The third kappa shape index (κ3) is 2.47. The number of hydrogen-bond acceptors (Lipinski definition) is 4. The molecule has 110 valence electrons. The van der Waals surface area contributed by atoms with Gasteiger partial charge in [-0.2, -0.15) is 0 Å². The second-order valence-electron chi connectivity index (χ2n) is 4.83. The van der Waals surface area contributed by atoms with Gasteiger partial charge < -0.3 is 10.6 Å². The number of thiocarbonyl (C=S) groups is 1. The molecule has 1 aromatic rings. The lowest BCUT2D eigenvalue weighted by Gasteiger charge is -2.37. The van der Waals surface area contributed by atoms with Crippen molar-refractivity contribution >= 4 is 38.6 Å². The van der Waals surface area contributed by atoms with Gasteiger partial charge in [0, 0.05) is 13.6 Å². The van der Waals surface area contributed by atoms with Crippen LogP contribution in [-0.2, 0) is 10.0 Å². The molecule has 1 unspecified atom stereocenters. The molecule has 0 bridgehead atoms. The van der Waals surface area contributed by atoms with Crippen LogP contribution in [-0.4, -0.2) is 38.8 Å². The Morgan fingerprint density at radius 2 is 1.95 bits per heavy atom. The lowest BCUT2D eigenvalue weighted by atomic mass is 10.2. The van der Waals surface area contributed by atoms with E-state index in [0.717, 1.165) is 5.69 Å². The molecule has 1 heterocycles. The smallest absolute Gasteiger partial charge is 0.244 e. The second kappa shape index (κ2) is 5.57. The first-order valence-corrected chi connectivity index (χ1v) is 8.41. The molecule has 2 rings (SSSR count). The zero-order valence-electron chi connectivity index (χ0n) is 11.6. The van der Waals surface area contributed by atoms with E-state index in [0.29, 0.717) is 25.2 Å². The summed E-state index contributed by atoms with van der Waals surface area (Å²) in [5.74, 6) is 0. The van der Waals surface area contributed by atoms with E-state index in [9.17, 15) is 8.42 Å². The van der Waals surface area contributed by atoms with Crippen LogP contribution in [0.15, 0.2) is 24.3 Å². The first-order chi connectivity index (χ1) is 9.39. The molecule has 0 spiro atoms. The average Bonchev–Trinajstić information content (AvgIpc) is 2.39. The van der Waals surface area contributed by atoms with E-state index in [2.05, 4.69) is 0 Å². The highest BCUT2D eigenvalue weighted by Gasteiger charge is 2.36. The van der Waals surface area contributed by atoms with Crippen molar-refractivity contribution in [3.8, 4) is 0 Å². The van der Waals surface area contributed by atoms with Gasteiger partial charge in [-0.1, -0.05) is 31.3 Å². The number of nitrogens with zero attached hydrogens (tertiary/aromatic N) is 2. The first-order valence-electron chi connectivity index (χ1n) is 6.50. The van der Waals surface area contributed by atoms with Gasteiger partial charge in [-0.05, 0) is 18.6 Å². The van der Waals surface area contributed by atoms with Gasteiger partial charge in [-0.25, -0.2) is 8.42 Å². The van der Waals surface area contributed by atoms with Gasteiger partial charge >= 0.3 is 0 Å². The predicted octanol–water partition coefficient (Wildman–Crippen LogP) is 1.34. The summed E-state index contributed by atoms with van der Waals surface area (Å²) < 4.78 is 27.0. The molecule has 5 nitrogen and oxygen atoms in total. The third-order valence-electron chi connectivity index (χ3n) is 3.56. The quantitative estimate of drug-likeness (QED) is 0.850. The van der Waals surface area contributed by atoms with Crippen molar-refractivity contribution in [3.63, 3.8) is 0 Å². The maximum atomic E-state index is 12.8. The molecule has 1 aliphatic heterocycles. The van der Waals surface area contributed by atoms with E-state index in [4.69, 9.17) is 18.0 Å². The highest BCUT2D eigenvalue weighted by Crippen LogP contribution is 2.34. The zero-order chi connectivity index (χ0) is 14.9. The van der Waals surface area contributed by atoms with Crippen LogP contribution in [0.3, 0.4) is 0 Å². The Kier molecular flexibility index (Phi) is 4.19. The molecule has 1 aromatic carbocycles.